The Balaban J connectivity index is 2.00. The Morgan fingerprint density at radius 2 is 1.69 bits per heavy atom. The number of nitrogens with one attached hydrogen (secondary N) is 1. The zero-order chi connectivity index (χ0) is 21.2. The number of benzene rings is 2. The molecule has 0 fully saturated rings. The Hall–Kier alpha value is -2.34. The van der Waals surface area contributed by atoms with E-state index in [4.69, 9.17) is 0 Å². The van der Waals surface area contributed by atoms with Crippen molar-refractivity contribution in [3.05, 3.63) is 71.5 Å². The van der Waals surface area contributed by atoms with Gasteiger partial charge in [-0.2, -0.15) is 0 Å². The van der Waals surface area contributed by atoms with Crippen LogP contribution < -0.4 is 5.32 Å². The van der Waals surface area contributed by atoms with Crippen LogP contribution in [0.15, 0.2) is 54.6 Å². The van der Waals surface area contributed by atoms with Gasteiger partial charge in [-0.3, -0.25) is 9.59 Å². The largest absolute Gasteiger partial charge is 0.352 e. The fraction of sp³-hybridized carbons (Fsp3) is 0.391. The van der Waals surface area contributed by atoms with Crippen molar-refractivity contribution in [3.63, 3.8) is 0 Å². The number of amides is 2. The zero-order valence-corrected chi connectivity index (χ0v) is 18.0. The van der Waals surface area contributed by atoms with E-state index in [1.807, 2.05) is 44.2 Å². The molecule has 0 unspecified atom stereocenters. The summed E-state index contributed by atoms with van der Waals surface area (Å²) in [6.45, 7) is 5.99. The SMILES string of the molecule is CC(C)NC(=O)[C@@H](C)N(CCc1ccccc1)C(=O)CSCc1ccccc1F. The number of rotatable bonds is 10. The van der Waals surface area contributed by atoms with Crippen LogP contribution in [0, 0.1) is 5.82 Å². The van der Waals surface area contributed by atoms with Crippen molar-refractivity contribution in [1.29, 1.82) is 0 Å². The standard InChI is InChI=1S/C23H29FN2O2S/c1-17(2)25-23(28)18(3)26(14-13-19-9-5-4-6-10-19)22(27)16-29-15-20-11-7-8-12-21(20)24/h4-12,17-18H,13-16H2,1-3H3,(H,25,28)/t18-/m1/s1. The molecule has 2 rings (SSSR count). The number of nitrogens with zero attached hydrogens (tertiary/aromatic N) is 1. The molecule has 29 heavy (non-hydrogen) atoms. The van der Waals surface area contributed by atoms with Crippen LogP contribution in [-0.2, 0) is 21.8 Å². The third-order valence-corrected chi connectivity index (χ3v) is 5.49. The van der Waals surface area contributed by atoms with Crippen LogP contribution in [0.4, 0.5) is 4.39 Å². The molecule has 0 saturated carbocycles. The summed E-state index contributed by atoms with van der Waals surface area (Å²) in [6.07, 6.45) is 0.670. The highest BCUT2D eigenvalue weighted by molar-refractivity contribution is 7.99. The highest BCUT2D eigenvalue weighted by Crippen LogP contribution is 2.17. The minimum atomic E-state index is -0.567. The fourth-order valence-corrected chi connectivity index (χ4v) is 3.82. The van der Waals surface area contributed by atoms with Crippen molar-refractivity contribution in [1.82, 2.24) is 10.2 Å². The van der Waals surface area contributed by atoms with Crippen molar-refractivity contribution >= 4 is 23.6 Å². The van der Waals surface area contributed by atoms with Gasteiger partial charge in [0.25, 0.3) is 0 Å². The van der Waals surface area contributed by atoms with Crippen LogP contribution in [0.25, 0.3) is 0 Å². The van der Waals surface area contributed by atoms with E-state index in [1.165, 1.54) is 17.8 Å². The topological polar surface area (TPSA) is 49.4 Å². The van der Waals surface area contributed by atoms with Crippen LogP contribution >= 0.6 is 11.8 Å². The molecule has 6 heteroatoms. The molecule has 4 nitrogen and oxygen atoms in total. The second-order valence-corrected chi connectivity index (χ2v) is 8.23. The average Bonchev–Trinajstić information content (AvgIpc) is 2.69. The second-order valence-electron chi connectivity index (χ2n) is 7.25. The lowest BCUT2D eigenvalue weighted by atomic mass is 10.1. The first kappa shape index (κ1) is 22.9. The molecule has 2 aromatic rings. The molecule has 0 aliphatic rings. The molecular formula is C23H29FN2O2S. The summed E-state index contributed by atoms with van der Waals surface area (Å²) < 4.78 is 13.8. The summed E-state index contributed by atoms with van der Waals surface area (Å²) in [6, 6.07) is 15.9. The highest BCUT2D eigenvalue weighted by atomic mass is 32.2. The molecule has 0 aliphatic carbocycles. The van der Waals surface area contributed by atoms with E-state index >= 15 is 0 Å². The number of hydrogen-bond donors (Lipinski definition) is 1. The third-order valence-electron chi connectivity index (χ3n) is 4.52. The summed E-state index contributed by atoms with van der Waals surface area (Å²) in [7, 11) is 0. The van der Waals surface area contributed by atoms with Gasteiger partial charge < -0.3 is 10.2 Å². The van der Waals surface area contributed by atoms with Gasteiger partial charge >= 0.3 is 0 Å². The number of carbonyl (C=O) groups excluding carboxylic acids is 2. The molecule has 156 valence electrons. The minimum Gasteiger partial charge on any atom is -0.352 e. The number of hydrogen-bond acceptors (Lipinski definition) is 3. The lowest BCUT2D eigenvalue weighted by molar-refractivity contribution is -0.138. The predicted octanol–water partition coefficient (Wildman–Crippen LogP) is 4.04. The smallest absolute Gasteiger partial charge is 0.242 e. The van der Waals surface area contributed by atoms with Crippen molar-refractivity contribution in [2.24, 2.45) is 0 Å². The maximum atomic E-state index is 13.8. The number of carbonyl (C=O) groups is 2. The maximum absolute atomic E-state index is 13.8. The van der Waals surface area contributed by atoms with Crippen LogP contribution in [-0.4, -0.2) is 41.1 Å². The summed E-state index contributed by atoms with van der Waals surface area (Å²) in [5, 5.41) is 2.88. The van der Waals surface area contributed by atoms with Crippen LogP contribution in [0.5, 0.6) is 0 Å². The fourth-order valence-electron chi connectivity index (χ4n) is 2.92. The Labute approximate surface area is 176 Å². The molecule has 0 aliphatic heterocycles. The summed E-state index contributed by atoms with van der Waals surface area (Å²) in [5.41, 5.74) is 1.69. The van der Waals surface area contributed by atoms with E-state index in [-0.39, 0.29) is 29.4 Å². The van der Waals surface area contributed by atoms with E-state index in [1.54, 1.807) is 30.0 Å². The van der Waals surface area contributed by atoms with Crippen molar-refractivity contribution in [2.45, 2.75) is 45.0 Å². The van der Waals surface area contributed by atoms with Gasteiger partial charge in [0.15, 0.2) is 0 Å². The highest BCUT2D eigenvalue weighted by Gasteiger charge is 2.26. The van der Waals surface area contributed by atoms with E-state index in [2.05, 4.69) is 5.32 Å². The van der Waals surface area contributed by atoms with E-state index in [0.29, 0.717) is 24.3 Å². The van der Waals surface area contributed by atoms with Gasteiger partial charge in [-0.1, -0.05) is 48.5 Å². The average molecular weight is 417 g/mol. The second kappa shape index (κ2) is 11.6. The normalized spacial score (nSPS) is 11.9. The van der Waals surface area contributed by atoms with E-state index in [0.717, 1.165) is 5.56 Å². The monoisotopic (exact) mass is 416 g/mol. The van der Waals surface area contributed by atoms with Gasteiger partial charge in [0, 0.05) is 18.3 Å². The quantitative estimate of drug-likeness (QED) is 0.636. The van der Waals surface area contributed by atoms with E-state index in [9.17, 15) is 14.0 Å². The zero-order valence-electron chi connectivity index (χ0n) is 17.2. The minimum absolute atomic E-state index is 0.00598. The molecule has 0 heterocycles. The van der Waals surface area contributed by atoms with Crippen LogP contribution in [0.3, 0.4) is 0 Å². The molecule has 1 atom stereocenters. The Morgan fingerprint density at radius 1 is 1.03 bits per heavy atom. The first-order valence-corrected chi connectivity index (χ1v) is 11.0. The third kappa shape index (κ3) is 7.54. The Morgan fingerprint density at radius 3 is 2.34 bits per heavy atom. The molecule has 0 aromatic heterocycles. The molecule has 0 bridgehead atoms. The Bertz CT molecular complexity index is 798. The molecule has 0 saturated heterocycles. The van der Waals surface area contributed by atoms with Crippen LogP contribution in [0.2, 0.25) is 0 Å². The van der Waals surface area contributed by atoms with E-state index < -0.39 is 6.04 Å². The molecular weight excluding hydrogens is 387 g/mol. The summed E-state index contributed by atoms with van der Waals surface area (Å²) in [5.74, 6) is 0.0622. The van der Waals surface area contributed by atoms with Gasteiger partial charge in [0.1, 0.15) is 11.9 Å². The predicted molar refractivity (Wildman–Crippen MR) is 117 cm³/mol. The maximum Gasteiger partial charge on any atom is 0.242 e. The number of halogens is 1. The first-order chi connectivity index (χ1) is 13.9. The molecule has 2 amide bonds. The van der Waals surface area contributed by atoms with Gasteiger partial charge in [0.05, 0.1) is 5.75 Å². The number of thioether (sulfide) groups is 1. The van der Waals surface area contributed by atoms with Crippen molar-refractivity contribution in [2.75, 3.05) is 12.3 Å². The first-order valence-electron chi connectivity index (χ1n) is 9.83. The Kier molecular flexibility index (Phi) is 9.19. The van der Waals surface area contributed by atoms with Gasteiger partial charge in [-0.25, -0.2) is 4.39 Å². The van der Waals surface area contributed by atoms with Crippen molar-refractivity contribution < 1.29 is 14.0 Å². The van der Waals surface area contributed by atoms with Gasteiger partial charge in [-0.05, 0) is 44.4 Å². The van der Waals surface area contributed by atoms with Crippen molar-refractivity contribution in [3.8, 4) is 0 Å². The van der Waals surface area contributed by atoms with Gasteiger partial charge in [-0.15, -0.1) is 11.8 Å². The molecule has 0 spiro atoms. The molecule has 1 N–H and O–H groups in total. The van der Waals surface area contributed by atoms with Gasteiger partial charge in [0.2, 0.25) is 11.8 Å². The summed E-state index contributed by atoms with van der Waals surface area (Å²) >= 11 is 1.36. The lowest BCUT2D eigenvalue weighted by Crippen LogP contribution is -2.50. The molecule has 0 radical (unpaired) electrons. The lowest BCUT2D eigenvalue weighted by Gasteiger charge is -2.29. The van der Waals surface area contributed by atoms with Crippen LogP contribution in [0.1, 0.15) is 31.9 Å². The molecule has 2 aromatic carbocycles. The summed E-state index contributed by atoms with van der Waals surface area (Å²) in [4.78, 5) is 27.0.